The minimum absolute atomic E-state index is 0. The second kappa shape index (κ2) is 8.91. The Hall–Kier alpha value is -1.10. The van der Waals surface area contributed by atoms with Crippen LogP contribution < -0.4 is 5.32 Å². The van der Waals surface area contributed by atoms with Crippen LogP contribution in [-0.4, -0.2) is 52.5 Å². The number of carbonyl (C=O) groups excluding carboxylic acids is 1. The van der Waals surface area contributed by atoms with Crippen LogP contribution in [-0.2, 0) is 16.0 Å². The number of carbonyl (C=O) groups is 2. The van der Waals surface area contributed by atoms with Gasteiger partial charge in [-0.3, -0.25) is 4.79 Å². The summed E-state index contributed by atoms with van der Waals surface area (Å²) in [5, 5.41) is 12.0. The van der Waals surface area contributed by atoms with E-state index in [9.17, 15) is 9.59 Å². The molecule has 1 rings (SSSR count). The van der Waals surface area contributed by atoms with Crippen molar-refractivity contribution in [1.82, 2.24) is 5.32 Å². The number of allylic oxidation sites excluding steroid dienone is 2. The third-order valence-electron chi connectivity index (χ3n) is 2.40. The molecular weight excluding hydrogens is 253 g/mol. The summed E-state index contributed by atoms with van der Waals surface area (Å²) in [5.74, 6) is -1.04. The van der Waals surface area contributed by atoms with Crippen molar-refractivity contribution in [3.05, 3.63) is 47.7 Å². The molecule has 0 spiro atoms. The SMILES string of the molecule is CC(=O)/C=C(\C)N[C@@H](Cc1ccccc1)C(=O)O.[NaH]. The number of benzene rings is 1. The molecule has 1 aromatic rings. The summed E-state index contributed by atoms with van der Waals surface area (Å²) in [6.07, 6.45) is 1.76. The van der Waals surface area contributed by atoms with Crippen LogP contribution in [0.3, 0.4) is 0 Å². The fourth-order valence-electron chi connectivity index (χ4n) is 1.67. The van der Waals surface area contributed by atoms with Crippen LogP contribution in [0.5, 0.6) is 0 Å². The van der Waals surface area contributed by atoms with Crippen molar-refractivity contribution in [2.75, 3.05) is 0 Å². The van der Waals surface area contributed by atoms with Crippen LogP contribution in [0, 0.1) is 0 Å². The quantitative estimate of drug-likeness (QED) is 0.601. The normalized spacial score (nSPS) is 12.2. The molecule has 19 heavy (non-hydrogen) atoms. The summed E-state index contributed by atoms with van der Waals surface area (Å²) in [6.45, 7) is 3.11. The van der Waals surface area contributed by atoms with E-state index < -0.39 is 12.0 Å². The summed E-state index contributed by atoms with van der Waals surface area (Å²) in [6, 6.07) is 8.64. The zero-order valence-corrected chi connectivity index (χ0v) is 10.5. The molecule has 0 bridgehead atoms. The number of aliphatic carboxylic acids is 1. The molecule has 98 valence electrons. The third-order valence-corrected chi connectivity index (χ3v) is 2.40. The standard InChI is InChI=1S/C14H17NO3.Na.H/c1-10(8-11(2)16)15-13(14(17)18)9-12-6-4-3-5-7-12;;/h3-8,13,15H,9H2,1-2H3,(H,17,18);;/b10-8+;;/t13-;;/m0../s1. The molecule has 5 heteroatoms. The Morgan fingerprint density at radius 3 is 2.32 bits per heavy atom. The third kappa shape index (κ3) is 7.15. The average molecular weight is 271 g/mol. The maximum atomic E-state index is 11.2. The fourth-order valence-corrected chi connectivity index (χ4v) is 1.67. The van der Waals surface area contributed by atoms with Crippen LogP contribution in [0.4, 0.5) is 0 Å². The van der Waals surface area contributed by atoms with Gasteiger partial charge in [0.2, 0.25) is 0 Å². The van der Waals surface area contributed by atoms with Crippen LogP contribution in [0.15, 0.2) is 42.1 Å². The number of carboxylic acids is 1. The van der Waals surface area contributed by atoms with E-state index in [4.69, 9.17) is 5.11 Å². The van der Waals surface area contributed by atoms with Gasteiger partial charge in [-0.05, 0) is 25.5 Å². The van der Waals surface area contributed by atoms with Gasteiger partial charge in [-0.2, -0.15) is 0 Å². The first-order valence-corrected chi connectivity index (χ1v) is 5.71. The summed E-state index contributed by atoms with van der Waals surface area (Å²) >= 11 is 0. The number of rotatable bonds is 6. The Balaban J connectivity index is 0.00000324. The molecular formula is C14H18NNaO3. The first kappa shape index (κ1) is 17.9. The van der Waals surface area contributed by atoms with E-state index in [0.717, 1.165) is 5.56 Å². The predicted octanol–water partition coefficient (Wildman–Crippen LogP) is 1.12. The molecule has 4 nitrogen and oxygen atoms in total. The predicted molar refractivity (Wildman–Crippen MR) is 76.3 cm³/mol. The van der Waals surface area contributed by atoms with Crippen LogP contribution in [0.1, 0.15) is 19.4 Å². The Morgan fingerprint density at radius 1 is 1.26 bits per heavy atom. The summed E-state index contributed by atoms with van der Waals surface area (Å²) < 4.78 is 0. The van der Waals surface area contributed by atoms with E-state index in [1.807, 2.05) is 30.3 Å². The Kier molecular flexibility index (Phi) is 8.39. The number of nitrogens with one attached hydrogen (secondary N) is 1. The Labute approximate surface area is 135 Å². The van der Waals surface area contributed by atoms with Gasteiger partial charge in [-0.1, -0.05) is 30.3 Å². The van der Waals surface area contributed by atoms with Gasteiger partial charge >= 0.3 is 35.5 Å². The van der Waals surface area contributed by atoms with Crippen molar-refractivity contribution < 1.29 is 14.7 Å². The first-order chi connectivity index (χ1) is 8.49. The van der Waals surface area contributed by atoms with Crippen LogP contribution >= 0.6 is 0 Å². The van der Waals surface area contributed by atoms with E-state index in [2.05, 4.69) is 5.32 Å². The van der Waals surface area contributed by atoms with Gasteiger partial charge in [0.1, 0.15) is 6.04 Å². The van der Waals surface area contributed by atoms with Gasteiger partial charge in [0.05, 0.1) is 0 Å². The Morgan fingerprint density at radius 2 is 1.84 bits per heavy atom. The monoisotopic (exact) mass is 271 g/mol. The number of hydrogen-bond donors (Lipinski definition) is 2. The second-order valence-electron chi connectivity index (χ2n) is 4.16. The molecule has 0 saturated carbocycles. The fraction of sp³-hybridized carbons (Fsp3) is 0.286. The van der Waals surface area contributed by atoms with E-state index in [1.165, 1.54) is 13.0 Å². The van der Waals surface area contributed by atoms with E-state index in [-0.39, 0.29) is 35.3 Å². The molecule has 0 radical (unpaired) electrons. The summed E-state index contributed by atoms with van der Waals surface area (Å²) in [7, 11) is 0. The van der Waals surface area contributed by atoms with Gasteiger partial charge in [0, 0.05) is 12.1 Å². The molecule has 0 unspecified atom stereocenters. The number of carboxylic acid groups (broad SMARTS) is 1. The molecule has 0 aliphatic rings. The molecule has 0 aliphatic carbocycles. The van der Waals surface area contributed by atoms with Gasteiger partial charge in [0.15, 0.2) is 5.78 Å². The van der Waals surface area contributed by atoms with Crippen LogP contribution in [0.25, 0.3) is 0 Å². The zero-order valence-electron chi connectivity index (χ0n) is 10.5. The molecule has 1 aromatic carbocycles. The molecule has 0 saturated heterocycles. The second-order valence-corrected chi connectivity index (χ2v) is 4.16. The van der Waals surface area contributed by atoms with Crippen molar-refractivity contribution in [3.8, 4) is 0 Å². The van der Waals surface area contributed by atoms with Gasteiger partial charge < -0.3 is 10.4 Å². The summed E-state index contributed by atoms with van der Waals surface area (Å²) in [5.41, 5.74) is 1.50. The van der Waals surface area contributed by atoms with Crippen molar-refractivity contribution in [2.45, 2.75) is 26.3 Å². The Bertz CT molecular complexity index is 457. The van der Waals surface area contributed by atoms with Gasteiger partial charge in [-0.15, -0.1) is 0 Å². The number of hydrogen-bond acceptors (Lipinski definition) is 3. The molecule has 2 N–H and O–H groups in total. The minimum atomic E-state index is -0.935. The topological polar surface area (TPSA) is 66.4 Å². The number of ketones is 1. The zero-order chi connectivity index (χ0) is 13.5. The molecule has 1 atom stereocenters. The first-order valence-electron chi connectivity index (χ1n) is 5.71. The van der Waals surface area contributed by atoms with Crippen molar-refractivity contribution in [1.29, 1.82) is 0 Å². The molecule has 0 aromatic heterocycles. The van der Waals surface area contributed by atoms with E-state index in [1.54, 1.807) is 6.92 Å². The molecule has 0 heterocycles. The van der Waals surface area contributed by atoms with Gasteiger partial charge in [-0.25, -0.2) is 4.79 Å². The van der Waals surface area contributed by atoms with E-state index in [0.29, 0.717) is 12.1 Å². The van der Waals surface area contributed by atoms with Crippen molar-refractivity contribution in [3.63, 3.8) is 0 Å². The molecule has 0 amide bonds. The average Bonchev–Trinajstić information content (AvgIpc) is 2.28. The van der Waals surface area contributed by atoms with Gasteiger partial charge in [0.25, 0.3) is 0 Å². The van der Waals surface area contributed by atoms with Crippen molar-refractivity contribution in [2.24, 2.45) is 0 Å². The van der Waals surface area contributed by atoms with Crippen molar-refractivity contribution >= 4 is 41.3 Å². The van der Waals surface area contributed by atoms with E-state index >= 15 is 0 Å². The maximum absolute atomic E-state index is 11.2. The van der Waals surface area contributed by atoms with Crippen LogP contribution in [0.2, 0.25) is 0 Å². The molecule has 0 aliphatic heterocycles. The summed E-state index contributed by atoms with van der Waals surface area (Å²) in [4.78, 5) is 22.1. The molecule has 0 fully saturated rings.